The number of rotatable bonds is 6. The van der Waals surface area contributed by atoms with Crippen LogP contribution in [0.3, 0.4) is 0 Å². The van der Waals surface area contributed by atoms with Gasteiger partial charge in [0.15, 0.2) is 0 Å². The first-order valence-electron chi connectivity index (χ1n) is 3.46. The summed E-state index contributed by atoms with van der Waals surface area (Å²) in [5.41, 5.74) is 0. The van der Waals surface area contributed by atoms with E-state index in [1.165, 1.54) is 10.8 Å². The Bertz CT molecular complexity index is 92.3. The van der Waals surface area contributed by atoms with Crippen molar-refractivity contribution in [2.75, 3.05) is 24.9 Å². The first kappa shape index (κ1) is 12.2. The molecule has 0 radical (unpaired) electrons. The molecule has 0 heterocycles. The van der Waals surface area contributed by atoms with Crippen LogP contribution < -0.4 is 0 Å². The molecule has 0 N–H and O–H groups in total. The smallest absolute Gasteiger partial charge is 0.390 e. The third kappa shape index (κ3) is 4.12. The van der Waals surface area contributed by atoms with E-state index >= 15 is 0 Å². The van der Waals surface area contributed by atoms with E-state index in [0.717, 1.165) is 6.04 Å². The van der Waals surface area contributed by atoms with Crippen LogP contribution >= 0.6 is 33.8 Å². The summed E-state index contributed by atoms with van der Waals surface area (Å²) in [6.45, 7) is 0. The van der Waals surface area contributed by atoms with Gasteiger partial charge in [-0.15, -0.1) is 11.2 Å². The molecule has 0 fully saturated rings. The fourth-order valence-electron chi connectivity index (χ4n) is 0.840. The average Bonchev–Trinajstić information content (AvgIpc) is 2.08. The maximum absolute atomic E-state index is 5.41. The molecule has 0 bridgehead atoms. The van der Waals surface area contributed by atoms with Gasteiger partial charge in [-0.1, -0.05) is 22.6 Å². The van der Waals surface area contributed by atoms with E-state index in [1.54, 1.807) is 25.4 Å². The average molecular weight is 306 g/mol. The van der Waals surface area contributed by atoms with E-state index in [1.807, 2.05) is 0 Å². The lowest BCUT2D eigenvalue weighted by atomic mass is 10.6. The minimum absolute atomic E-state index is 1.09. The minimum Gasteiger partial charge on any atom is -0.390 e. The molecular weight excluding hydrogens is 291 g/mol. The molecule has 0 aliphatic carbocycles. The van der Waals surface area contributed by atoms with Crippen molar-refractivity contribution in [2.45, 2.75) is 12.5 Å². The molecule has 0 aromatic rings. The lowest BCUT2D eigenvalue weighted by molar-refractivity contribution is 0.268. The fourth-order valence-corrected chi connectivity index (χ4v) is 5.71. The summed E-state index contributed by atoms with van der Waals surface area (Å²) in [5.74, 6) is 0. The van der Waals surface area contributed by atoms with Crippen LogP contribution in [0.5, 0.6) is 0 Å². The molecule has 0 aromatic heterocycles. The summed E-state index contributed by atoms with van der Waals surface area (Å²) in [7, 11) is 1.67. The summed E-state index contributed by atoms with van der Waals surface area (Å²) in [4.78, 5) is 0. The van der Waals surface area contributed by atoms with Crippen molar-refractivity contribution in [2.24, 2.45) is 0 Å². The number of hydrogen-bond donors (Lipinski definition) is 0. The maximum atomic E-state index is 5.41. The van der Waals surface area contributed by atoms with Gasteiger partial charge < -0.3 is 8.85 Å². The van der Waals surface area contributed by atoms with Gasteiger partial charge in [0, 0.05) is 20.3 Å². The van der Waals surface area contributed by atoms with E-state index in [9.17, 15) is 0 Å². The van der Waals surface area contributed by atoms with Crippen LogP contribution in [-0.4, -0.2) is 32.6 Å². The number of hydrogen-bond acceptors (Lipinski definition) is 3. The lowest BCUT2D eigenvalue weighted by Crippen LogP contribution is -2.36. The van der Waals surface area contributed by atoms with Gasteiger partial charge in [-0.25, -0.2) is 0 Å². The third-order valence-electron chi connectivity index (χ3n) is 1.55. The second-order valence-electron chi connectivity index (χ2n) is 2.09. The Balaban J connectivity index is 3.84. The van der Waals surface area contributed by atoms with Gasteiger partial charge in [-0.2, -0.15) is 0 Å². The van der Waals surface area contributed by atoms with E-state index in [4.69, 9.17) is 8.85 Å². The monoisotopic (exact) mass is 306 g/mol. The Kier molecular flexibility index (Phi) is 7.44. The summed E-state index contributed by atoms with van der Waals surface area (Å²) in [6.07, 6.45) is 3.25. The second-order valence-corrected chi connectivity index (χ2v) is 9.35. The molecule has 0 saturated heterocycles. The van der Waals surface area contributed by atoms with Crippen LogP contribution in [0, 0.1) is 0 Å². The van der Waals surface area contributed by atoms with Crippen molar-refractivity contribution in [3.63, 3.8) is 0 Å². The van der Waals surface area contributed by atoms with Crippen molar-refractivity contribution in [1.29, 1.82) is 0 Å². The summed E-state index contributed by atoms with van der Waals surface area (Å²) in [5, 5.41) is 0. The Labute approximate surface area is 87.4 Å². The fraction of sp³-hybridized carbons (Fsp3) is 1.00. The van der Waals surface area contributed by atoms with Crippen LogP contribution in [0.25, 0.3) is 0 Å². The van der Waals surface area contributed by atoms with Gasteiger partial charge in [0.2, 0.25) is 0 Å². The standard InChI is InChI=1S/C6H15IO2SSi/c1-8-11(9-2,10-3)6-4-5-7/h4-6H2,1-3H3. The molecule has 5 heteroatoms. The van der Waals surface area contributed by atoms with Gasteiger partial charge in [0.05, 0.1) is 0 Å². The molecule has 2 nitrogen and oxygen atoms in total. The maximum Gasteiger partial charge on any atom is 0.405 e. The molecule has 0 amide bonds. The summed E-state index contributed by atoms with van der Waals surface area (Å²) < 4.78 is 12.0. The second kappa shape index (κ2) is 6.70. The quantitative estimate of drug-likeness (QED) is 0.426. The van der Waals surface area contributed by atoms with Gasteiger partial charge >= 0.3 is 7.71 Å². The highest BCUT2D eigenvalue weighted by molar-refractivity contribution is 14.1. The molecule has 0 aliphatic rings. The summed E-state index contributed by atoms with van der Waals surface area (Å²) >= 11 is 4.13. The summed E-state index contributed by atoms with van der Waals surface area (Å²) in [6, 6.07) is 1.09. The Morgan fingerprint density at radius 1 is 1.36 bits per heavy atom. The van der Waals surface area contributed by atoms with E-state index < -0.39 is 7.71 Å². The highest BCUT2D eigenvalue weighted by Gasteiger charge is 2.33. The van der Waals surface area contributed by atoms with Crippen molar-refractivity contribution in [3.8, 4) is 0 Å². The zero-order valence-corrected chi connectivity index (χ0v) is 11.2. The zero-order valence-electron chi connectivity index (χ0n) is 7.22. The van der Waals surface area contributed by atoms with Crippen molar-refractivity contribution in [1.82, 2.24) is 0 Å². The lowest BCUT2D eigenvalue weighted by Gasteiger charge is -2.24. The van der Waals surface area contributed by atoms with Crippen molar-refractivity contribution in [3.05, 3.63) is 0 Å². The SMILES string of the molecule is CO[Si](CCCI)(OC)SC. The molecule has 68 valence electrons. The van der Waals surface area contributed by atoms with Crippen LogP contribution in [0.4, 0.5) is 0 Å². The molecule has 0 aromatic carbocycles. The largest absolute Gasteiger partial charge is 0.405 e. The Morgan fingerprint density at radius 2 is 1.91 bits per heavy atom. The molecule has 0 saturated carbocycles. The molecule has 0 atom stereocenters. The van der Waals surface area contributed by atoms with E-state index in [-0.39, 0.29) is 0 Å². The van der Waals surface area contributed by atoms with Crippen LogP contribution in [0.2, 0.25) is 6.04 Å². The predicted octanol–water partition coefficient (Wildman–Crippen LogP) is 2.41. The topological polar surface area (TPSA) is 18.5 Å². The molecule has 0 unspecified atom stereocenters. The van der Waals surface area contributed by atoms with E-state index in [2.05, 4.69) is 28.8 Å². The highest BCUT2D eigenvalue weighted by atomic mass is 127. The molecular formula is C6H15IO2SSi. The first-order valence-corrected chi connectivity index (χ1v) is 8.96. The molecule has 0 aliphatic heterocycles. The van der Waals surface area contributed by atoms with Gasteiger partial charge in [0.1, 0.15) is 0 Å². The van der Waals surface area contributed by atoms with Crippen molar-refractivity contribution < 1.29 is 8.85 Å². The third-order valence-corrected chi connectivity index (χ3v) is 8.62. The van der Waals surface area contributed by atoms with Gasteiger partial charge in [-0.3, -0.25) is 0 Å². The highest BCUT2D eigenvalue weighted by Crippen LogP contribution is 2.25. The van der Waals surface area contributed by atoms with E-state index in [0.29, 0.717) is 0 Å². The molecule has 0 rings (SSSR count). The zero-order chi connectivity index (χ0) is 8.74. The van der Waals surface area contributed by atoms with Gasteiger partial charge in [0.25, 0.3) is 0 Å². The molecule has 11 heavy (non-hydrogen) atoms. The first-order chi connectivity index (χ1) is 5.24. The normalized spacial score (nSPS) is 12.0. The number of alkyl halides is 1. The predicted molar refractivity (Wildman–Crippen MR) is 61.6 cm³/mol. The van der Waals surface area contributed by atoms with Crippen LogP contribution in [0.1, 0.15) is 6.42 Å². The van der Waals surface area contributed by atoms with Crippen LogP contribution in [-0.2, 0) is 8.85 Å². The molecule has 0 spiro atoms. The Morgan fingerprint density at radius 3 is 2.18 bits per heavy atom. The minimum atomic E-state index is -1.83. The van der Waals surface area contributed by atoms with Crippen molar-refractivity contribution >= 4 is 41.5 Å². The Hall–Kier alpha value is 1.22. The van der Waals surface area contributed by atoms with Gasteiger partial charge in [-0.05, 0) is 17.1 Å². The number of halogens is 1. The van der Waals surface area contributed by atoms with Crippen LogP contribution in [0.15, 0.2) is 0 Å².